The normalized spacial score (nSPS) is 11.7. The summed E-state index contributed by atoms with van der Waals surface area (Å²) in [7, 11) is -1.83. The van der Waals surface area contributed by atoms with E-state index in [0.717, 1.165) is 39.4 Å². The lowest BCUT2D eigenvalue weighted by atomic mass is 9.98. The SMILES string of the molecule is CC(C)c1nc(-c2c(P(c3cc(F)cc(F)c3)c3cc(F)cc(F)c3)ccc3ccccc23)c2ccccc2n1. The van der Waals surface area contributed by atoms with Crippen molar-refractivity contribution in [3.8, 4) is 11.3 Å². The lowest BCUT2D eigenvalue weighted by Gasteiger charge is -2.24. The van der Waals surface area contributed by atoms with Crippen molar-refractivity contribution < 1.29 is 17.6 Å². The smallest absolute Gasteiger partial charge is 0.132 e. The molecule has 6 aromatic rings. The monoisotopic (exact) mass is 554 g/mol. The van der Waals surface area contributed by atoms with Gasteiger partial charge in [-0.05, 0) is 64.9 Å². The summed E-state index contributed by atoms with van der Waals surface area (Å²) in [6, 6.07) is 25.7. The Balaban J connectivity index is 1.77. The third kappa shape index (κ3) is 4.84. The third-order valence-corrected chi connectivity index (χ3v) is 9.14. The molecule has 0 radical (unpaired) electrons. The van der Waals surface area contributed by atoms with Crippen LogP contribution in [0.2, 0.25) is 0 Å². The first-order valence-corrected chi connectivity index (χ1v) is 14.1. The third-order valence-electron chi connectivity index (χ3n) is 6.73. The molecule has 0 fully saturated rings. The molecule has 0 aliphatic carbocycles. The summed E-state index contributed by atoms with van der Waals surface area (Å²) < 4.78 is 58.4. The van der Waals surface area contributed by atoms with Crippen LogP contribution in [0.15, 0.2) is 97.1 Å². The molecule has 0 atom stereocenters. The fraction of sp³-hybridized carbons (Fsp3) is 0.0909. The highest BCUT2D eigenvalue weighted by molar-refractivity contribution is 7.80. The first-order chi connectivity index (χ1) is 19.3. The van der Waals surface area contributed by atoms with E-state index in [-0.39, 0.29) is 16.5 Å². The Labute approximate surface area is 230 Å². The summed E-state index contributed by atoms with van der Waals surface area (Å²) in [6.45, 7) is 4.02. The zero-order chi connectivity index (χ0) is 28.0. The zero-order valence-corrected chi connectivity index (χ0v) is 22.6. The minimum atomic E-state index is -1.83. The van der Waals surface area contributed by atoms with E-state index < -0.39 is 31.2 Å². The summed E-state index contributed by atoms with van der Waals surface area (Å²) >= 11 is 0. The molecule has 1 heterocycles. The Bertz CT molecular complexity index is 1810. The van der Waals surface area contributed by atoms with Crippen LogP contribution in [0, 0.1) is 23.3 Å². The molecule has 198 valence electrons. The number of aromatic nitrogens is 2. The first-order valence-electron chi connectivity index (χ1n) is 12.8. The number of hydrogen-bond acceptors (Lipinski definition) is 2. The maximum absolute atomic E-state index is 14.6. The maximum atomic E-state index is 14.6. The Morgan fingerprint density at radius 3 is 1.75 bits per heavy atom. The minimum absolute atomic E-state index is 0.0259. The molecule has 0 saturated heterocycles. The van der Waals surface area contributed by atoms with Crippen molar-refractivity contribution in [1.29, 1.82) is 0 Å². The first kappa shape index (κ1) is 26.1. The van der Waals surface area contributed by atoms with Crippen molar-refractivity contribution in [3.63, 3.8) is 0 Å². The van der Waals surface area contributed by atoms with Crippen LogP contribution in [0.4, 0.5) is 17.6 Å². The standard InChI is InChI=1S/C33H23F4N2P/c1-19(2)33-38-29-10-6-5-9-28(29)32(39-33)31-27-8-4-3-7-20(27)11-12-30(31)40(25-15-21(34)13-22(35)16-25)26-17-23(36)14-24(37)18-26/h3-19H,1-2H3. The van der Waals surface area contributed by atoms with Gasteiger partial charge in [0.1, 0.15) is 29.1 Å². The van der Waals surface area contributed by atoms with E-state index in [1.165, 1.54) is 24.3 Å². The number of nitrogens with zero attached hydrogens (tertiary/aromatic N) is 2. The molecular formula is C33H23F4N2P. The number of rotatable bonds is 5. The summed E-state index contributed by atoms with van der Waals surface area (Å²) in [5, 5.41) is 3.84. The minimum Gasteiger partial charge on any atom is -0.233 e. The molecule has 5 aromatic carbocycles. The fourth-order valence-corrected chi connectivity index (χ4v) is 7.54. The predicted molar refractivity (Wildman–Crippen MR) is 155 cm³/mol. The highest BCUT2D eigenvalue weighted by Gasteiger charge is 2.26. The average Bonchev–Trinajstić information content (AvgIpc) is 2.91. The van der Waals surface area contributed by atoms with Gasteiger partial charge < -0.3 is 0 Å². The molecule has 0 spiro atoms. The average molecular weight is 555 g/mol. The lowest BCUT2D eigenvalue weighted by Crippen LogP contribution is -2.24. The van der Waals surface area contributed by atoms with Gasteiger partial charge in [-0.3, -0.25) is 0 Å². The van der Waals surface area contributed by atoms with Crippen molar-refractivity contribution >= 4 is 45.5 Å². The second-order valence-corrected chi connectivity index (χ2v) is 12.1. The molecule has 1 aromatic heterocycles. The van der Waals surface area contributed by atoms with Crippen molar-refractivity contribution in [1.82, 2.24) is 9.97 Å². The van der Waals surface area contributed by atoms with Gasteiger partial charge in [-0.1, -0.05) is 68.4 Å². The van der Waals surface area contributed by atoms with E-state index in [1.807, 2.05) is 74.5 Å². The second-order valence-electron chi connectivity index (χ2n) is 9.87. The quantitative estimate of drug-likeness (QED) is 0.160. The molecule has 2 nitrogen and oxygen atoms in total. The Kier molecular flexibility index (Phi) is 6.81. The summed E-state index contributed by atoms with van der Waals surface area (Å²) in [5.41, 5.74) is 2.15. The molecule has 0 bridgehead atoms. The van der Waals surface area contributed by atoms with Crippen molar-refractivity contribution in [3.05, 3.63) is 126 Å². The molecular weight excluding hydrogens is 531 g/mol. The van der Waals surface area contributed by atoms with Gasteiger partial charge in [0.2, 0.25) is 0 Å². The van der Waals surface area contributed by atoms with Gasteiger partial charge in [0.15, 0.2) is 0 Å². The van der Waals surface area contributed by atoms with Gasteiger partial charge in [0.05, 0.1) is 11.2 Å². The Hall–Kier alpha value is -4.15. The Morgan fingerprint density at radius 2 is 1.15 bits per heavy atom. The van der Waals surface area contributed by atoms with Gasteiger partial charge in [-0.15, -0.1) is 0 Å². The summed E-state index contributed by atoms with van der Waals surface area (Å²) in [5.74, 6) is -2.40. The van der Waals surface area contributed by atoms with Gasteiger partial charge in [-0.2, -0.15) is 0 Å². The molecule has 0 aliphatic rings. The molecule has 6 rings (SSSR count). The van der Waals surface area contributed by atoms with Gasteiger partial charge in [-0.25, -0.2) is 27.5 Å². The largest absolute Gasteiger partial charge is 0.233 e. The fourth-order valence-electron chi connectivity index (χ4n) is 5.00. The van der Waals surface area contributed by atoms with Crippen LogP contribution in [0.5, 0.6) is 0 Å². The van der Waals surface area contributed by atoms with E-state index in [9.17, 15) is 17.6 Å². The van der Waals surface area contributed by atoms with Crippen LogP contribution in [0.3, 0.4) is 0 Å². The van der Waals surface area contributed by atoms with Crippen LogP contribution in [-0.4, -0.2) is 9.97 Å². The summed E-state index contributed by atoms with van der Waals surface area (Å²) in [4.78, 5) is 9.80. The molecule has 0 aliphatic heterocycles. The van der Waals surface area contributed by atoms with E-state index in [2.05, 4.69) is 0 Å². The number of fused-ring (bicyclic) bond motifs is 2. The molecule has 0 saturated carbocycles. The molecule has 0 N–H and O–H groups in total. The van der Waals surface area contributed by atoms with Gasteiger partial charge >= 0.3 is 0 Å². The molecule has 0 unspecified atom stereocenters. The van der Waals surface area contributed by atoms with E-state index in [4.69, 9.17) is 9.97 Å². The molecule has 7 heteroatoms. The van der Waals surface area contributed by atoms with Crippen molar-refractivity contribution in [2.45, 2.75) is 19.8 Å². The topological polar surface area (TPSA) is 25.8 Å². The van der Waals surface area contributed by atoms with Gasteiger partial charge in [0.25, 0.3) is 0 Å². The highest BCUT2D eigenvalue weighted by Crippen LogP contribution is 2.42. The van der Waals surface area contributed by atoms with Crippen molar-refractivity contribution in [2.24, 2.45) is 0 Å². The summed E-state index contributed by atoms with van der Waals surface area (Å²) in [6.07, 6.45) is 0. The maximum Gasteiger partial charge on any atom is 0.132 e. The lowest BCUT2D eigenvalue weighted by molar-refractivity contribution is 0.585. The highest BCUT2D eigenvalue weighted by atomic mass is 31.1. The second kappa shape index (κ2) is 10.4. The van der Waals surface area contributed by atoms with Crippen LogP contribution in [0.1, 0.15) is 25.6 Å². The van der Waals surface area contributed by atoms with Crippen molar-refractivity contribution in [2.75, 3.05) is 0 Å². The number of hydrogen-bond donors (Lipinski definition) is 0. The van der Waals surface area contributed by atoms with Crippen LogP contribution in [-0.2, 0) is 0 Å². The van der Waals surface area contributed by atoms with Crippen LogP contribution >= 0.6 is 7.92 Å². The van der Waals surface area contributed by atoms with E-state index in [0.29, 0.717) is 16.8 Å². The number of para-hydroxylation sites is 1. The van der Waals surface area contributed by atoms with Crippen LogP contribution in [0.25, 0.3) is 32.9 Å². The molecule has 40 heavy (non-hydrogen) atoms. The molecule has 0 amide bonds. The van der Waals surface area contributed by atoms with Crippen LogP contribution < -0.4 is 15.9 Å². The Morgan fingerprint density at radius 1 is 0.600 bits per heavy atom. The zero-order valence-electron chi connectivity index (χ0n) is 21.7. The number of halogens is 4. The number of benzene rings is 5. The predicted octanol–water partition coefficient (Wildman–Crippen LogP) is 7.89. The van der Waals surface area contributed by atoms with E-state index >= 15 is 0 Å². The van der Waals surface area contributed by atoms with E-state index in [1.54, 1.807) is 0 Å². The van der Waals surface area contributed by atoms with Gasteiger partial charge in [0, 0.05) is 29.0 Å².